The van der Waals surface area contributed by atoms with Gasteiger partial charge in [0.25, 0.3) is 5.91 Å². The predicted octanol–water partition coefficient (Wildman–Crippen LogP) is 3.31. The van der Waals surface area contributed by atoms with E-state index in [4.69, 9.17) is 0 Å². The van der Waals surface area contributed by atoms with E-state index in [9.17, 15) is 4.79 Å². The van der Waals surface area contributed by atoms with E-state index in [0.29, 0.717) is 18.1 Å². The third kappa shape index (κ3) is 5.47. The van der Waals surface area contributed by atoms with E-state index < -0.39 is 0 Å². The zero-order valence-electron chi connectivity index (χ0n) is 13.8. The molecule has 2 N–H and O–H groups in total. The molecule has 2 rings (SSSR count). The highest BCUT2D eigenvalue weighted by Crippen LogP contribution is 2.19. The van der Waals surface area contributed by atoms with Gasteiger partial charge in [-0.15, -0.1) is 0 Å². The number of hydrogen-bond donors (Lipinski definition) is 2. The van der Waals surface area contributed by atoms with Gasteiger partial charge in [0.1, 0.15) is 11.5 Å². The van der Waals surface area contributed by atoms with Crippen LogP contribution in [0.5, 0.6) is 0 Å². The predicted molar refractivity (Wildman–Crippen MR) is 88.9 cm³/mol. The number of carbonyl (C=O) groups is 1. The van der Waals surface area contributed by atoms with Crippen molar-refractivity contribution in [1.29, 1.82) is 0 Å². The van der Waals surface area contributed by atoms with Gasteiger partial charge in [-0.05, 0) is 52.9 Å². The maximum Gasteiger partial charge on any atom is 0.271 e. The Balaban J connectivity index is 1.81. The second-order valence-corrected chi connectivity index (χ2v) is 6.78. The van der Waals surface area contributed by atoms with Gasteiger partial charge in [-0.2, -0.15) is 0 Å². The van der Waals surface area contributed by atoms with E-state index in [0.717, 1.165) is 6.42 Å². The monoisotopic (exact) mass is 302 g/mol. The van der Waals surface area contributed by atoms with Gasteiger partial charge < -0.3 is 10.6 Å². The number of nitrogens with zero attached hydrogens (tertiary/aromatic N) is 2. The maximum absolute atomic E-state index is 12.0. The van der Waals surface area contributed by atoms with E-state index in [-0.39, 0.29) is 11.4 Å². The number of hydrogen-bond acceptors (Lipinski definition) is 4. The summed E-state index contributed by atoms with van der Waals surface area (Å²) >= 11 is 0. The highest BCUT2D eigenvalue weighted by Gasteiger charge is 2.12. The molecule has 0 aromatic carbocycles. The van der Waals surface area contributed by atoms with Gasteiger partial charge in [-0.3, -0.25) is 4.79 Å². The first kappa shape index (κ1) is 16.5. The first-order chi connectivity index (χ1) is 10.4. The van der Waals surface area contributed by atoms with Crippen LogP contribution in [-0.2, 0) is 0 Å². The molecule has 5 heteroatoms. The van der Waals surface area contributed by atoms with Gasteiger partial charge in [-0.1, -0.05) is 11.6 Å². The van der Waals surface area contributed by atoms with E-state index in [2.05, 4.69) is 47.4 Å². The van der Waals surface area contributed by atoms with Crippen molar-refractivity contribution in [1.82, 2.24) is 15.3 Å². The summed E-state index contributed by atoms with van der Waals surface area (Å²) in [6, 6.07) is 0. The number of rotatable bonds is 5. The third-order valence-corrected chi connectivity index (χ3v) is 3.50. The highest BCUT2D eigenvalue weighted by atomic mass is 16.1. The summed E-state index contributed by atoms with van der Waals surface area (Å²) in [4.78, 5) is 20.4. The molecule has 0 unspecified atom stereocenters. The van der Waals surface area contributed by atoms with Gasteiger partial charge >= 0.3 is 0 Å². The van der Waals surface area contributed by atoms with Gasteiger partial charge in [0.15, 0.2) is 0 Å². The molecule has 1 aromatic heterocycles. The van der Waals surface area contributed by atoms with Crippen LogP contribution in [0, 0.1) is 0 Å². The molecule has 0 atom stereocenters. The first-order valence-electron chi connectivity index (χ1n) is 8.00. The quantitative estimate of drug-likeness (QED) is 0.819. The fourth-order valence-electron chi connectivity index (χ4n) is 2.45. The Labute approximate surface area is 132 Å². The van der Waals surface area contributed by atoms with Crippen molar-refractivity contribution in [3.05, 3.63) is 29.7 Å². The first-order valence-corrected chi connectivity index (χ1v) is 8.00. The number of aromatic nitrogens is 2. The Bertz CT molecular complexity index is 529. The fourth-order valence-corrected chi connectivity index (χ4v) is 2.45. The van der Waals surface area contributed by atoms with E-state index in [1.807, 2.05) is 0 Å². The van der Waals surface area contributed by atoms with Crippen molar-refractivity contribution < 1.29 is 4.79 Å². The lowest BCUT2D eigenvalue weighted by Crippen LogP contribution is -2.28. The summed E-state index contributed by atoms with van der Waals surface area (Å²) < 4.78 is 0. The normalized spacial score (nSPS) is 15.1. The number of anilines is 1. The van der Waals surface area contributed by atoms with Gasteiger partial charge in [0, 0.05) is 12.1 Å². The van der Waals surface area contributed by atoms with Crippen molar-refractivity contribution in [3.63, 3.8) is 0 Å². The smallest absolute Gasteiger partial charge is 0.271 e. The van der Waals surface area contributed by atoms with Crippen LogP contribution in [0.25, 0.3) is 0 Å². The van der Waals surface area contributed by atoms with Gasteiger partial charge in [0.05, 0.1) is 12.4 Å². The SMILES string of the molecule is CC(C)(C)Nc1cnc(C(=O)NCCC2=CCCCC2)cn1. The topological polar surface area (TPSA) is 66.9 Å². The van der Waals surface area contributed by atoms with E-state index in [1.165, 1.54) is 37.5 Å². The van der Waals surface area contributed by atoms with Crippen molar-refractivity contribution in [3.8, 4) is 0 Å². The summed E-state index contributed by atoms with van der Waals surface area (Å²) in [5, 5.41) is 6.13. The molecule has 0 saturated heterocycles. The summed E-state index contributed by atoms with van der Waals surface area (Å²) in [6.45, 7) is 6.81. The molecule has 0 saturated carbocycles. The Morgan fingerprint density at radius 3 is 2.64 bits per heavy atom. The molecule has 1 aromatic rings. The molecule has 1 aliphatic rings. The van der Waals surface area contributed by atoms with Crippen LogP contribution in [-0.4, -0.2) is 28.0 Å². The van der Waals surface area contributed by atoms with Crippen LogP contribution in [0.1, 0.15) is 63.4 Å². The molecule has 120 valence electrons. The number of amides is 1. The Morgan fingerprint density at radius 1 is 1.23 bits per heavy atom. The molecule has 0 aliphatic heterocycles. The molecule has 0 spiro atoms. The average Bonchev–Trinajstić information content (AvgIpc) is 2.47. The fraction of sp³-hybridized carbons (Fsp3) is 0.588. The van der Waals surface area contributed by atoms with Crippen LogP contribution in [0.2, 0.25) is 0 Å². The molecule has 1 amide bonds. The average molecular weight is 302 g/mol. The molecule has 1 aliphatic carbocycles. The second-order valence-electron chi connectivity index (χ2n) is 6.78. The van der Waals surface area contributed by atoms with Gasteiger partial charge in [-0.25, -0.2) is 9.97 Å². The van der Waals surface area contributed by atoms with Crippen molar-refractivity contribution in [2.24, 2.45) is 0 Å². The van der Waals surface area contributed by atoms with Crippen LogP contribution >= 0.6 is 0 Å². The second kappa shape index (κ2) is 7.38. The minimum atomic E-state index is -0.161. The van der Waals surface area contributed by atoms with Crippen LogP contribution in [0.3, 0.4) is 0 Å². The lowest BCUT2D eigenvalue weighted by Gasteiger charge is -2.20. The minimum Gasteiger partial charge on any atom is -0.364 e. The molecule has 0 radical (unpaired) electrons. The standard InChI is InChI=1S/C17H26N4O/c1-17(2,3)21-15-12-19-14(11-20-15)16(22)18-10-9-13-7-5-4-6-8-13/h7,11-12H,4-6,8-10H2,1-3H3,(H,18,22)(H,20,21). The molecule has 0 bridgehead atoms. The summed E-state index contributed by atoms with van der Waals surface area (Å²) in [6.07, 6.45) is 11.3. The van der Waals surface area contributed by atoms with Gasteiger partial charge in [0.2, 0.25) is 0 Å². The number of carbonyl (C=O) groups excluding carboxylic acids is 1. The minimum absolute atomic E-state index is 0.0772. The van der Waals surface area contributed by atoms with Crippen molar-refractivity contribution >= 4 is 11.7 Å². The lowest BCUT2D eigenvalue weighted by molar-refractivity contribution is 0.0948. The Morgan fingerprint density at radius 2 is 2.05 bits per heavy atom. The van der Waals surface area contributed by atoms with Crippen LogP contribution < -0.4 is 10.6 Å². The molecule has 22 heavy (non-hydrogen) atoms. The molecule has 1 heterocycles. The third-order valence-electron chi connectivity index (χ3n) is 3.50. The Hall–Kier alpha value is -1.91. The summed E-state index contributed by atoms with van der Waals surface area (Å²) in [7, 11) is 0. The molecular formula is C17H26N4O. The Kier molecular flexibility index (Phi) is 5.52. The van der Waals surface area contributed by atoms with Crippen LogP contribution in [0.15, 0.2) is 24.0 Å². The zero-order valence-corrected chi connectivity index (χ0v) is 13.8. The summed E-state index contributed by atoms with van der Waals surface area (Å²) in [5.41, 5.74) is 1.74. The molecule has 0 fully saturated rings. The van der Waals surface area contributed by atoms with Crippen molar-refractivity contribution in [2.45, 2.75) is 58.4 Å². The molecule has 5 nitrogen and oxygen atoms in total. The summed E-state index contributed by atoms with van der Waals surface area (Å²) in [5.74, 6) is 0.516. The lowest BCUT2D eigenvalue weighted by atomic mass is 9.97. The van der Waals surface area contributed by atoms with Crippen LogP contribution in [0.4, 0.5) is 5.82 Å². The molecular weight excluding hydrogens is 276 g/mol. The zero-order chi connectivity index (χ0) is 16.0. The maximum atomic E-state index is 12.0. The van der Waals surface area contributed by atoms with Crippen molar-refractivity contribution in [2.75, 3.05) is 11.9 Å². The number of allylic oxidation sites excluding steroid dienone is 1. The number of nitrogens with one attached hydrogen (secondary N) is 2. The van der Waals surface area contributed by atoms with E-state index >= 15 is 0 Å². The highest BCUT2D eigenvalue weighted by molar-refractivity contribution is 5.91. The largest absolute Gasteiger partial charge is 0.364 e. The van der Waals surface area contributed by atoms with E-state index in [1.54, 1.807) is 6.20 Å².